The van der Waals surface area contributed by atoms with E-state index in [9.17, 15) is 0 Å². The molecular weight excluding hydrogens is 252 g/mol. The molecule has 5 heteroatoms. The number of anilines is 1. The van der Waals surface area contributed by atoms with Crippen molar-refractivity contribution in [3.05, 3.63) is 53.7 Å². The van der Waals surface area contributed by atoms with Crippen molar-refractivity contribution >= 4 is 23.0 Å². The Morgan fingerprint density at radius 3 is 2.75 bits per heavy atom. The molecule has 5 nitrogen and oxygen atoms in total. The molecule has 0 unspecified atom stereocenters. The highest BCUT2D eigenvalue weighted by Gasteiger charge is 2.08. The first-order chi connectivity index (χ1) is 9.72. The highest BCUT2D eigenvalue weighted by atomic mass is 16.3. The number of furan rings is 1. The van der Waals surface area contributed by atoms with Crippen LogP contribution >= 0.6 is 0 Å². The molecule has 0 radical (unpaired) electrons. The Morgan fingerprint density at radius 1 is 1.15 bits per heavy atom. The lowest BCUT2D eigenvalue weighted by atomic mass is 10.3. The number of aromatic nitrogens is 2. The van der Waals surface area contributed by atoms with E-state index in [0.29, 0.717) is 11.5 Å². The smallest absolute Gasteiger partial charge is 0.230 e. The third-order valence-electron chi connectivity index (χ3n) is 2.81. The van der Waals surface area contributed by atoms with Crippen LogP contribution in [0.2, 0.25) is 0 Å². The van der Waals surface area contributed by atoms with Gasteiger partial charge in [0, 0.05) is 0 Å². The quantitative estimate of drug-likeness (QED) is 0.583. The number of para-hydroxylation sites is 1. The molecule has 0 spiro atoms. The van der Waals surface area contributed by atoms with Crippen molar-refractivity contribution in [1.82, 2.24) is 9.97 Å². The number of aryl methyl sites for hydroxylation is 2. The zero-order valence-electron chi connectivity index (χ0n) is 11.3. The molecule has 0 aliphatic rings. The van der Waals surface area contributed by atoms with Gasteiger partial charge < -0.3 is 4.42 Å². The summed E-state index contributed by atoms with van der Waals surface area (Å²) in [5.74, 6) is 1.47. The third kappa shape index (κ3) is 2.51. The number of hydrazone groups is 1. The predicted molar refractivity (Wildman–Crippen MR) is 78.9 cm³/mol. The normalized spacial score (nSPS) is 11.3. The summed E-state index contributed by atoms with van der Waals surface area (Å²) in [6.45, 7) is 3.72. The maximum atomic E-state index is 5.52. The van der Waals surface area contributed by atoms with Gasteiger partial charge in [0.15, 0.2) is 0 Å². The van der Waals surface area contributed by atoms with Crippen molar-refractivity contribution in [3.8, 4) is 0 Å². The first-order valence-electron chi connectivity index (χ1n) is 6.31. The summed E-state index contributed by atoms with van der Waals surface area (Å²) in [7, 11) is 0. The van der Waals surface area contributed by atoms with Gasteiger partial charge in [0.05, 0.1) is 23.0 Å². The predicted octanol–water partition coefficient (Wildman–Crippen LogP) is 3.29. The third-order valence-corrected chi connectivity index (χ3v) is 2.81. The van der Waals surface area contributed by atoms with Crippen molar-refractivity contribution in [2.75, 3.05) is 5.43 Å². The molecule has 0 bridgehead atoms. The van der Waals surface area contributed by atoms with Crippen molar-refractivity contribution in [2.45, 2.75) is 13.8 Å². The van der Waals surface area contributed by atoms with E-state index in [0.717, 1.165) is 22.5 Å². The van der Waals surface area contributed by atoms with Crippen molar-refractivity contribution in [2.24, 2.45) is 5.10 Å². The molecule has 0 atom stereocenters. The molecule has 0 aliphatic heterocycles. The molecule has 0 saturated heterocycles. The fourth-order valence-electron chi connectivity index (χ4n) is 1.95. The van der Waals surface area contributed by atoms with Crippen LogP contribution in [0.4, 0.5) is 5.69 Å². The van der Waals surface area contributed by atoms with Crippen LogP contribution in [0.3, 0.4) is 0 Å². The topological polar surface area (TPSA) is 63.3 Å². The zero-order valence-corrected chi connectivity index (χ0v) is 11.3. The number of nitrogens with one attached hydrogen (secondary N) is 1. The summed E-state index contributed by atoms with van der Waals surface area (Å²) in [4.78, 5) is 8.65. The standard InChI is InChI=1S/C15H14N4O/c1-10-8-13-14(17-11(2)18-15(13)20-10)9-16-19-12-6-4-3-5-7-12/h3-9,19H,1-2H3/b16-9-. The fraction of sp³-hybridized carbons (Fsp3) is 0.133. The summed E-state index contributed by atoms with van der Waals surface area (Å²) in [6.07, 6.45) is 1.68. The Hall–Kier alpha value is -2.69. The van der Waals surface area contributed by atoms with Gasteiger partial charge in [-0.1, -0.05) is 18.2 Å². The molecule has 0 aliphatic carbocycles. The molecule has 2 aromatic heterocycles. The van der Waals surface area contributed by atoms with Crippen LogP contribution in [0.25, 0.3) is 11.1 Å². The number of hydrogen-bond donors (Lipinski definition) is 1. The highest BCUT2D eigenvalue weighted by molar-refractivity contribution is 5.94. The Morgan fingerprint density at radius 2 is 1.95 bits per heavy atom. The lowest BCUT2D eigenvalue weighted by molar-refractivity contribution is 0.566. The van der Waals surface area contributed by atoms with Gasteiger partial charge in [-0.05, 0) is 32.0 Å². The second kappa shape index (κ2) is 5.13. The molecule has 2 heterocycles. The molecule has 1 aromatic carbocycles. The minimum atomic E-state index is 0.594. The molecule has 3 aromatic rings. The van der Waals surface area contributed by atoms with Gasteiger partial charge in [-0.15, -0.1) is 0 Å². The van der Waals surface area contributed by atoms with Gasteiger partial charge in [-0.2, -0.15) is 10.1 Å². The Bertz CT molecular complexity index is 762. The van der Waals surface area contributed by atoms with Crippen LogP contribution in [-0.4, -0.2) is 16.2 Å². The van der Waals surface area contributed by atoms with Crippen molar-refractivity contribution in [3.63, 3.8) is 0 Å². The second-order valence-corrected chi connectivity index (χ2v) is 4.47. The van der Waals surface area contributed by atoms with Crippen LogP contribution < -0.4 is 5.43 Å². The molecular formula is C15H14N4O. The highest BCUT2D eigenvalue weighted by Crippen LogP contribution is 2.19. The molecule has 0 fully saturated rings. The number of hydrogen-bond acceptors (Lipinski definition) is 5. The van der Waals surface area contributed by atoms with E-state index < -0.39 is 0 Å². The second-order valence-electron chi connectivity index (χ2n) is 4.47. The molecule has 1 N–H and O–H groups in total. The number of fused-ring (bicyclic) bond motifs is 1. The molecule has 20 heavy (non-hydrogen) atoms. The largest absolute Gasteiger partial charge is 0.443 e. The number of nitrogens with zero attached hydrogens (tertiary/aromatic N) is 3. The van der Waals surface area contributed by atoms with E-state index in [1.54, 1.807) is 6.21 Å². The lowest BCUT2D eigenvalue weighted by Gasteiger charge is -1.99. The molecule has 100 valence electrons. The summed E-state index contributed by atoms with van der Waals surface area (Å²) in [6, 6.07) is 11.7. The van der Waals surface area contributed by atoms with Crippen LogP contribution in [-0.2, 0) is 0 Å². The average Bonchev–Trinajstić information content (AvgIpc) is 2.80. The Labute approximate surface area is 116 Å². The minimum absolute atomic E-state index is 0.594. The van der Waals surface area contributed by atoms with Gasteiger partial charge in [0.2, 0.25) is 5.71 Å². The minimum Gasteiger partial charge on any atom is -0.443 e. The average molecular weight is 266 g/mol. The van der Waals surface area contributed by atoms with E-state index in [4.69, 9.17) is 4.42 Å². The van der Waals surface area contributed by atoms with Gasteiger partial charge in [0.1, 0.15) is 11.6 Å². The lowest BCUT2D eigenvalue weighted by Crippen LogP contribution is -1.97. The maximum Gasteiger partial charge on any atom is 0.230 e. The van der Waals surface area contributed by atoms with E-state index in [-0.39, 0.29) is 0 Å². The van der Waals surface area contributed by atoms with Gasteiger partial charge in [-0.3, -0.25) is 5.43 Å². The van der Waals surface area contributed by atoms with E-state index >= 15 is 0 Å². The van der Waals surface area contributed by atoms with Crippen LogP contribution in [0, 0.1) is 13.8 Å². The van der Waals surface area contributed by atoms with Crippen molar-refractivity contribution < 1.29 is 4.42 Å². The molecule has 0 amide bonds. The van der Waals surface area contributed by atoms with Gasteiger partial charge in [-0.25, -0.2) is 4.98 Å². The summed E-state index contributed by atoms with van der Waals surface area (Å²) >= 11 is 0. The first kappa shape index (κ1) is 12.3. The van der Waals surface area contributed by atoms with Crippen LogP contribution in [0.15, 0.2) is 45.9 Å². The number of benzene rings is 1. The molecule has 3 rings (SSSR count). The van der Waals surface area contributed by atoms with E-state index in [1.807, 2.05) is 50.2 Å². The van der Waals surface area contributed by atoms with E-state index in [1.165, 1.54) is 0 Å². The van der Waals surface area contributed by atoms with Gasteiger partial charge in [0.25, 0.3) is 0 Å². The number of rotatable bonds is 3. The Kier molecular flexibility index (Phi) is 3.16. The van der Waals surface area contributed by atoms with Crippen LogP contribution in [0.5, 0.6) is 0 Å². The first-order valence-corrected chi connectivity index (χ1v) is 6.31. The molecule has 0 saturated carbocycles. The SMILES string of the molecule is Cc1nc(/C=N\Nc2ccccc2)c2cc(C)oc2n1. The summed E-state index contributed by atoms with van der Waals surface area (Å²) in [5.41, 5.74) is 5.22. The zero-order chi connectivity index (χ0) is 13.9. The summed E-state index contributed by atoms with van der Waals surface area (Å²) in [5, 5.41) is 5.07. The van der Waals surface area contributed by atoms with E-state index in [2.05, 4.69) is 20.5 Å². The van der Waals surface area contributed by atoms with Gasteiger partial charge >= 0.3 is 0 Å². The maximum absolute atomic E-state index is 5.52. The van der Waals surface area contributed by atoms with Crippen molar-refractivity contribution in [1.29, 1.82) is 0 Å². The monoisotopic (exact) mass is 266 g/mol. The summed E-state index contributed by atoms with van der Waals surface area (Å²) < 4.78 is 5.52. The van der Waals surface area contributed by atoms with Crippen LogP contribution in [0.1, 0.15) is 17.3 Å². The Balaban J connectivity index is 1.90. The fourth-order valence-corrected chi connectivity index (χ4v) is 1.95.